The van der Waals surface area contributed by atoms with E-state index in [1.165, 1.54) is 24.3 Å². The van der Waals surface area contributed by atoms with Crippen molar-refractivity contribution in [3.8, 4) is 0 Å². The quantitative estimate of drug-likeness (QED) is 0.0925. The highest BCUT2D eigenvalue weighted by Crippen LogP contribution is 2.28. The molecule has 0 radical (unpaired) electrons. The minimum atomic E-state index is -2.26. The second-order valence-corrected chi connectivity index (χ2v) is 11.1. The Morgan fingerprint density at radius 3 is 1.66 bits per heavy atom. The van der Waals surface area contributed by atoms with Crippen molar-refractivity contribution in [2.75, 3.05) is 42.6 Å². The molecule has 0 bridgehead atoms. The summed E-state index contributed by atoms with van der Waals surface area (Å²) in [4.78, 5) is 0. The van der Waals surface area contributed by atoms with Gasteiger partial charge in [-0.3, -0.25) is 0 Å². The average molecular weight is 744 g/mol. The van der Waals surface area contributed by atoms with Crippen molar-refractivity contribution in [3.05, 3.63) is 117 Å². The van der Waals surface area contributed by atoms with Crippen LogP contribution in [0.2, 0.25) is 0 Å². The van der Waals surface area contributed by atoms with E-state index >= 15 is 0 Å². The van der Waals surface area contributed by atoms with Crippen LogP contribution in [0.15, 0.2) is 93.9 Å². The molecule has 4 rings (SSSR count). The molecule has 0 aliphatic heterocycles. The first-order chi connectivity index (χ1) is 22.6. The van der Waals surface area contributed by atoms with Crippen molar-refractivity contribution in [2.45, 2.75) is 25.4 Å². The lowest BCUT2D eigenvalue weighted by Crippen LogP contribution is -2.41. The lowest BCUT2D eigenvalue weighted by atomic mass is 10.2. The van der Waals surface area contributed by atoms with Crippen molar-refractivity contribution >= 4 is 54.6 Å². The molecule has 0 aliphatic carbocycles. The molecule has 0 heterocycles. The summed E-state index contributed by atoms with van der Waals surface area (Å²) in [5.41, 5.74) is 11.6. The number of nitrogens with one attached hydrogen (secondary N) is 2. The monoisotopic (exact) mass is 741 g/mol. The third kappa shape index (κ3) is 12.5. The molecule has 12 heteroatoms. The smallest absolute Gasteiger partial charge is 0.185 e. The number of anilines is 3. The number of ether oxygens (including phenoxy) is 2. The predicted molar refractivity (Wildman–Crippen MR) is 176 cm³/mol. The van der Waals surface area contributed by atoms with Gasteiger partial charge >= 0.3 is 0 Å². The van der Waals surface area contributed by atoms with E-state index < -0.39 is 37.0 Å². The molecule has 0 amide bonds. The highest BCUT2D eigenvalue weighted by molar-refractivity contribution is 9.11. The summed E-state index contributed by atoms with van der Waals surface area (Å²) in [6.45, 7) is -4.74. The van der Waals surface area contributed by atoms with Crippen LogP contribution in [0, 0.1) is 11.6 Å². The van der Waals surface area contributed by atoms with E-state index in [4.69, 9.17) is 20.7 Å². The number of nitrogens with two attached hydrogens (primary N) is 1. The van der Waals surface area contributed by atoms with E-state index in [2.05, 4.69) is 48.2 Å². The van der Waals surface area contributed by atoms with Gasteiger partial charge in [0, 0.05) is 40.2 Å². The number of hydrogen-bond donors (Lipinski definition) is 6. The maximum Gasteiger partial charge on any atom is 0.185 e. The third-order valence-corrected chi connectivity index (χ3v) is 7.11. The second kappa shape index (κ2) is 18.6. The third-order valence-electron chi connectivity index (χ3n) is 5.80. The summed E-state index contributed by atoms with van der Waals surface area (Å²) in [6.07, 6.45) is -2.88. The lowest BCUT2D eigenvalue weighted by Gasteiger charge is -2.15. The number of hydrogen-bond acceptors (Lipinski definition) is 7. The SMILES string of the molecule is [2H]C([2H])(OCc1ccccc1)C(O)CNc1cc(F)c(N)cc1Br.[2H]C([2H])(OCc1ccccc1)C(O)CNc1cc(F)c([NH3+])cc1Br. The van der Waals surface area contributed by atoms with Crippen LogP contribution >= 0.6 is 31.9 Å². The van der Waals surface area contributed by atoms with Crippen LogP contribution in [0.5, 0.6) is 0 Å². The number of halogens is 4. The van der Waals surface area contributed by atoms with Gasteiger partial charge < -0.3 is 41.8 Å². The van der Waals surface area contributed by atoms with Crippen LogP contribution in [-0.2, 0) is 22.7 Å². The Morgan fingerprint density at radius 2 is 1.18 bits per heavy atom. The maximum absolute atomic E-state index is 13.5. The normalized spacial score (nSPS) is 14.2. The highest BCUT2D eigenvalue weighted by atomic mass is 79.9. The van der Waals surface area contributed by atoms with Crippen molar-refractivity contribution in [1.29, 1.82) is 0 Å². The van der Waals surface area contributed by atoms with Crippen molar-refractivity contribution in [1.82, 2.24) is 0 Å². The van der Waals surface area contributed by atoms with E-state index in [1.807, 2.05) is 36.4 Å². The predicted octanol–water partition coefficient (Wildman–Crippen LogP) is 5.61. The molecule has 0 aliphatic rings. The topological polar surface area (TPSA) is 137 Å². The van der Waals surface area contributed by atoms with E-state index in [0.29, 0.717) is 20.3 Å². The van der Waals surface area contributed by atoms with Crippen LogP contribution < -0.4 is 22.1 Å². The maximum atomic E-state index is 13.5. The van der Waals surface area contributed by atoms with Crippen LogP contribution in [0.3, 0.4) is 0 Å². The number of aliphatic hydroxyl groups is 2. The Bertz CT molecular complexity index is 1500. The largest absolute Gasteiger partial charge is 0.396 e. The zero-order valence-electron chi connectivity index (χ0n) is 27.6. The fraction of sp³-hybridized carbons (Fsp3) is 0.250. The number of quaternary nitrogens is 1. The second-order valence-electron chi connectivity index (χ2n) is 9.35. The standard InChI is InChI=1S/2C16H18BrFN2O2/c2*17-13-6-15(19)14(18)7-16(13)20-8-12(21)10-22-9-11-4-2-1-3-5-11/h2*1-7,12,20-21H,8-10,19H2/p+1/i2*10D2. The van der Waals surface area contributed by atoms with Gasteiger partial charge in [-0.15, -0.1) is 0 Å². The van der Waals surface area contributed by atoms with E-state index in [1.54, 1.807) is 24.3 Å². The van der Waals surface area contributed by atoms with E-state index in [0.717, 1.165) is 11.1 Å². The molecular formula is C32H37Br2F2N4O4+. The summed E-state index contributed by atoms with van der Waals surface area (Å²) in [5, 5.41) is 25.7. The van der Waals surface area contributed by atoms with Crippen LogP contribution in [-0.4, -0.2) is 48.6 Å². The fourth-order valence-electron chi connectivity index (χ4n) is 3.51. The molecule has 4 aromatic carbocycles. The number of nitrogen functional groups attached to an aromatic ring is 1. The Hall–Kier alpha value is -3.10. The molecule has 0 spiro atoms. The first kappa shape index (κ1) is 29.6. The molecule has 2 unspecified atom stereocenters. The lowest BCUT2D eigenvalue weighted by molar-refractivity contribution is -0.258. The summed E-state index contributed by atoms with van der Waals surface area (Å²) >= 11 is 6.49. The Labute approximate surface area is 278 Å². The van der Waals surface area contributed by atoms with Gasteiger partial charge in [-0.05, 0) is 49.1 Å². The van der Waals surface area contributed by atoms with Crippen molar-refractivity contribution < 1.29 is 39.7 Å². The van der Waals surface area contributed by atoms with Gasteiger partial charge in [0.05, 0.1) is 61.1 Å². The molecule has 44 heavy (non-hydrogen) atoms. The molecule has 0 saturated heterocycles. The molecule has 2 atom stereocenters. The zero-order valence-corrected chi connectivity index (χ0v) is 26.7. The molecule has 4 aromatic rings. The Morgan fingerprint density at radius 1 is 0.750 bits per heavy atom. The first-order valence-corrected chi connectivity index (χ1v) is 14.9. The highest BCUT2D eigenvalue weighted by Gasteiger charge is 2.11. The molecule has 8 nitrogen and oxygen atoms in total. The van der Waals surface area contributed by atoms with Crippen molar-refractivity contribution in [2.24, 2.45) is 0 Å². The number of aliphatic hydroxyl groups excluding tert-OH is 2. The van der Waals surface area contributed by atoms with Gasteiger partial charge in [-0.1, -0.05) is 60.7 Å². The van der Waals surface area contributed by atoms with E-state index in [9.17, 15) is 19.0 Å². The number of rotatable bonds is 14. The van der Waals surface area contributed by atoms with Gasteiger partial charge in [0.1, 0.15) is 5.82 Å². The fourth-order valence-corrected chi connectivity index (χ4v) is 4.54. The van der Waals surface area contributed by atoms with Gasteiger partial charge in [0.25, 0.3) is 0 Å². The molecule has 0 fully saturated rings. The summed E-state index contributed by atoms with van der Waals surface area (Å²) in [7, 11) is 0. The van der Waals surface area contributed by atoms with Gasteiger partial charge in [0.2, 0.25) is 0 Å². The Kier molecular flexibility index (Phi) is 12.5. The van der Waals surface area contributed by atoms with Crippen LogP contribution in [0.25, 0.3) is 0 Å². The van der Waals surface area contributed by atoms with Crippen molar-refractivity contribution in [3.63, 3.8) is 0 Å². The summed E-state index contributed by atoms with van der Waals surface area (Å²) < 4.78 is 69.8. The number of benzene rings is 4. The van der Waals surface area contributed by atoms with Crippen LogP contribution in [0.4, 0.5) is 31.5 Å². The Balaban J connectivity index is 0.000000260. The van der Waals surface area contributed by atoms with E-state index in [-0.39, 0.29) is 37.7 Å². The van der Waals surface area contributed by atoms with Gasteiger partial charge in [0.15, 0.2) is 11.5 Å². The average Bonchev–Trinajstić information content (AvgIpc) is 3.06. The summed E-state index contributed by atoms with van der Waals surface area (Å²) in [6, 6.07) is 23.5. The molecule has 0 aromatic heterocycles. The van der Waals surface area contributed by atoms with Gasteiger partial charge in [-0.25, -0.2) is 8.78 Å². The van der Waals surface area contributed by atoms with Gasteiger partial charge in [-0.2, -0.15) is 0 Å². The molecule has 236 valence electrons. The molecular weight excluding hydrogens is 702 g/mol. The zero-order chi connectivity index (χ0) is 35.5. The summed E-state index contributed by atoms with van der Waals surface area (Å²) in [5.74, 6) is -1.09. The molecule has 9 N–H and O–H groups in total. The molecule has 0 saturated carbocycles. The van der Waals surface area contributed by atoms with Crippen LogP contribution in [0.1, 0.15) is 16.6 Å². The minimum absolute atomic E-state index is 0.00509. The minimum Gasteiger partial charge on any atom is -0.396 e. The first-order valence-electron chi connectivity index (χ1n) is 15.3.